The van der Waals surface area contributed by atoms with Crippen LogP contribution in [0.2, 0.25) is 0 Å². The van der Waals surface area contributed by atoms with E-state index in [4.69, 9.17) is 0 Å². The average molecular weight is 308 g/mol. The normalized spacial score (nSPS) is 20.5. The number of aliphatic hydroxyl groups excluding tert-OH is 1. The largest absolute Gasteiger partial charge is 0.507 e. The van der Waals surface area contributed by atoms with Crippen LogP contribution < -0.4 is 0 Å². The fourth-order valence-corrected chi connectivity index (χ4v) is 3.89. The van der Waals surface area contributed by atoms with Crippen LogP contribution in [0.25, 0.3) is 5.76 Å². The number of benzene rings is 1. The van der Waals surface area contributed by atoms with Crippen LogP contribution in [0.15, 0.2) is 34.7 Å². The van der Waals surface area contributed by atoms with Crippen LogP contribution in [0.3, 0.4) is 0 Å². The molecule has 1 N–H and O–H groups in total. The lowest BCUT2D eigenvalue weighted by Gasteiger charge is -2.31. The zero-order valence-corrected chi connectivity index (χ0v) is 12.9. The van der Waals surface area contributed by atoms with Gasteiger partial charge in [-0.2, -0.15) is 4.31 Å². The maximum Gasteiger partial charge on any atom is 0.243 e. The van der Waals surface area contributed by atoms with E-state index in [1.54, 1.807) is 24.3 Å². The number of allylic oxidation sites excluding steroid dienone is 1. The highest BCUT2D eigenvalue weighted by atomic mass is 32.2. The minimum absolute atomic E-state index is 0.296. The highest BCUT2D eigenvalue weighted by molar-refractivity contribution is 7.89. The fourth-order valence-electron chi connectivity index (χ4n) is 2.47. The number of aliphatic hydroxyl groups is 1. The second kappa shape index (κ2) is 5.44. The van der Waals surface area contributed by atoms with Gasteiger partial charge in [-0.15, -0.1) is 0 Å². The molecule has 3 rings (SSSR count). The topological polar surface area (TPSA) is 60.9 Å². The lowest BCUT2D eigenvalue weighted by atomic mass is 10.2. The van der Waals surface area contributed by atoms with Crippen LogP contribution in [-0.2, 0) is 10.0 Å². The van der Waals surface area contributed by atoms with Crippen molar-refractivity contribution >= 4 is 15.8 Å². The van der Waals surface area contributed by atoms with E-state index in [2.05, 4.69) is 4.90 Å². The van der Waals surface area contributed by atoms with E-state index in [1.807, 2.05) is 7.05 Å². The highest BCUT2D eigenvalue weighted by Gasteiger charge is 2.27. The number of likely N-dealkylation sites (N-methyl/N-ethyl adjacent to an activating group) is 1. The Labute approximate surface area is 125 Å². The molecular formula is C15H20N2O3S. The fraction of sp³-hybridized carbons (Fsp3) is 0.467. The van der Waals surface area contributed by atoms with E-state index < -0.39 is 10.0 Å². The van der Waals surface area contributed by atoms with Gasteiger partial charge in [-0.1, -0.05) is 0 Å². The second-order valence-corrected chi connectivity index (χ2v) is 7.62. The third kappa shape index (κ3) is 2.97. The number of nitrogens with zero attached hydrogens (tertiary/aromatic N) is 2. The minimum atomic E-state index is -3.42. The predicted molar refractivity (Wildman–Crippen MR) is 81.5 cm³/mol. The van der Waals surface area contributed by atoms with Gasteiger partial charge in [0.25, 0.3) is 0 Å². The Hall–Kier alpha value is -1.37. The van der Waals surface area contributed by atoms with E-state index in [9.17, 15) is 13.5 Å². The van der Waals surface area contributed by atoms with Crippen molar-refractivity contribution < 1.29 is 13.5 Å². The Morgan fingerprint density at radius 1 is 1.05 bits per heavy atom. The average Bonchev–Trinajstić information content (AvgIpc) is 3.32. The van der Waals surface area contributed by atoms with Gasteiger partial charge in [-0.25, -0.2) is 8.42 Å². The number of hydrogen-bond donors (Lipinski definition) is 1. The molecule has 0 bridgehead atoms. The SMILES string of the molecule is CN1CCN(S(=O)(=O)c2ccc(C(O)=C3CC3)cc2)CC1. The van der Waals surface area contributed by atoms with Crippen LogP contribution >= 0.6 is 0 Å². The van der Waals surface area contributed by atoms with Crippen molar-refractivity contribution in [2.24, 2.45) is 0 Å². The second-order valence-electron chi connectivity index (χ2n) is 5.68. The van der Waals surface area contributed by atoms with E-state index in [0.29, 0.717) is 29.3 Å². The van der Waals surface area contributed by atoms with E-state index in [0.717, 1.165) is 31.5 Å². The summed E-state index contributed by atoms with van der Waals surface area (Å²) in [5.74, 6) is 0.304. The van der Waals surface area contributed by atoms with Crippen molar-refractivity contribution in [2.75, 3.05) is 33.2 Å². The van der Waals surface area contributed by atoms with Crippen molar-refractivity contribution in [3.8, 4) is 0 Å². The molecule has 1 aromatic carbocycles. The Kier molecular flexibility index (Phi) is 3.77. The van der Waals surface area contributed by atoms with E-state index in [1.165, 1.54) is 4.31 Å². The van der Waals surface area contributed by atoms with Crippen molar-refractivity contribution in [3.05, 3.63) is 35.4 Å². The summed E-state index contributed by atoms with van der Waals surface area (Å²) in [4.78, 5) is 2.42. The highest BCUT2D eigenvalue weighted by Crippen LogP contribution is 2.35. The van der Waals surface area contributed by atoms with Gasteiger partial charge in [0.15, 0.2) is 0 Å². The molecule has 1 aliphatic heterocycles. The zero-order valence-electron chi connectivity index (χ0n) is 12.1. The first-order chi connectivity index (χ1) is 9.98. The van der Waals surface area contributed by atoms with Crippen molar-refractivity contribution in [1.29, 1.82) is 0 Å². The van der Waals surface area contributed by atoms with Crippen molar-refractivity contribution in [1.82, 2.24) is 9.21 Å². The molecule has 1 saturated heterocycles. The molecule has 1 aliphatic carbocycles. The first-order valence-corrected chi connectivity index (χ1v) is 8.62. The summed E-state index contributed by atoms with van der Waals surface area (Å²) >= 11 is 0. The Morgan fingerprint density at radius 2 is 1.62 bits per heavy atom. The molecule has 21 heavy (non-hydrogen) atoms. The van der Waals surface area contributed by atoms with Crippen LogP contribution in [0.4, 0.5) is 0 Å². The van der Waals surface area contributed by atoms with Gasteiger partial charge < -0.3 is 10.0 Å². The lowest BCUT2D eigenvalue weighted by molar-refractivity contribution is 0.222. The van der Waals surface area contributed by atoms with E-state index in [-0.39, 0.29) is 0 Å². The molecule has 1 saturated carbocycles. The lowest BCUT2D eigenvalue weighted by Crippen LogP contribution is -2.46. The third-order valence-electron chi connectivity index (χ3n) is 4.06. The Morgan fingerprint density at radius 3 is 2.14 bits per heavy atom. The van der Waals surface area contributed by atoms with Gasteiger partial charge in [0.05, 0.1) is 4.90 Å². The molecule has 6 heteroatoms. The summed E-state index contributed by atoms with van der Waals surface area (Å²) in [5.41, 5.74) is 1.74. The van der Waals surface area contributed by atoms with Gasteiger partial charge in [0, 0.05) is 31.7 Å². The smallest absolute Gasteiger partial charge is 0.243 e. The molecule has 0 radical (unpaired) electrons. The molecule has 2 aliphatic rings. The van der Waals surface area contributed by atoms with Crippen molar-refractivity contribution in [2.45, 2.75) is 17.7 Å². The van der Waals surface area contributed by atoms with Gasteiger partial charge in [0.1, 0.15) is 5.76 Å². The summed E-state index contributed by atoms with van der Waals surface area (Å²) in [7, 11) is -1.43. The number of piperazine rings is 1. The first-order valence-electron chi connectivity index (χ1n) is 7.18. The van der Waals surface area contributed by atoms with Crippen LogP contribution in [0, 0.1) is 0 Å². The maximum absolute atomic E-state index is 12.6. The van der Waals surface area contributed by atoms with Crippen LogP contribution in [0.1, 0.15) is 18.4 Å². The molecule has 1 aromatic rings. The monoisotopic (exact) mass is 308 g/mol. The maximum atomic E-state index is 12.6. The van der Waals surface area contributed by atoms with Gasteiger partial charge in [-0.3, -0.25) is 0 Å². The molecule has 0 unspecified atom stereocenters. The molecule has 0 aromatic heterocycles. The minimum Gasteiger partial charge on any atom is -0.507 e. The standard InChI is InChI=1S/C15H20N2O3S/c1-16-8-10-17(11-9-16)21(19,20)14-6-4-13(5-7-14)15(18)12-2-3-12/h4-7,18H,2-3,8-11H2,1H3. The van der Waals surface area contributed by atoms with E-state index >= 15 is 0 Å². The Bertz CT molecular complexity index is 651. The third-order valence-corrected chi connectivity index (χ3v) is 5.98. The van der Waals surface area contributed by atoms with Gasteiger partial charge in [0.2, 0.25) is 10.0 Å². The molecule has 0 amide bonds. The predicted octanol–water partition coefficient (Wildman–Crippen LogP) is 1.69. The Balaban J connectivity index is 1.81. The summed E-state index contributed by atoms with van der Waals surface area (Å²) in [6, 6.07) is 6.54. The molecule has 114 valence electrons. The molecule has 0 spiro atoms. The molecule has 0 atom stereocenters. The number of hydrogen-bond acceptors (Lipinski definition) is 4. The number of rotatable bonds is 3. The van der Waals surface area contributed by atoms with Gasteiger partial charge in [-0.05, 0) is 49.7 Å². The first kappa shape index (κ1) is 14.6. The van der Waals surface area contributed by atoms with Crippen LogP contribution in [-0.4, -0.2) is 56.0 Å². The molecular weight excluding hydrogens is 288 g/mol. The quantitative estimate of drug-likeness (QED) is 0.863. The van der Waals surface area contributed by atoms with Crippen molar-refractivity contribution in [3.63, 3.8) is 0 Å². The van der Waals surface area contributed by atoms with Crippen LogP contribution in [0.5, 0.6) is 0 Å². The van der Waals surface area contributed by atoms with Gasteiger partial charge >= 0.3 is 0 Å². The summed E-state index contributed by atoms with van der Waals surface area (Å²) in [5, 5.41) is 9.95. The molecule has 1 heterocycles. The summed E-state index contributed by atoms with van der Waals surface area (Å²) < 4.78 is 26.6. The number of sulfonamides is 1. The zero-order chi connectivity index (χ0) is 15.0. The molecule has 2 fully saturated rings. The summed E-state index contributed by atoms with van der Waals surface area (Å²) in [6.45, 7) is 2.56. The summed E-state index contributed by atoms with van der Waals surface area (Å²) in [6.07, 6.45) is 1.88. The molecule has 5 nitrogen and oxygen atoms in total.